The van der Waals surface area contributed by atoms with Gasteiger partial charge in [0, 0.05) is 9.13 Å². The maximum absolute atomic E-state index is 13.0. The van der Waals surface area contributed by atoms with Gasteiger partial charge in [0.25, 0.3) is 0 Å². The smallest absolute Gasteiger partial charge is 0.294 e. The minimum Gasteiger partial charge on any atom is -0.294 e. The molecule has 0 radical (unpaired) electrons. The summed E-state index contributed by atoms with van der Waals surface area (Å²) in [7, 11) is 0. The first-order valence-electron chi connectivity index (χ1n) is 3.80. The van der Waals surface area contributed by atoms with Crippen LogP contribution in [0.4, 0.5) is 17.6 Å². The van der Waals surface area contributed by atoms with Gasteiger partial charge in [0.05, 0.1) is 5.56 Å². The summed E-state index contributed by atoms with van der Waals surface area (Å²) in [4.78, 5) is 11.0. The highest BCUT2D eigenvalue weighted by Crippen LogP contribution is 2.33. The largest absolute Gasteiger partial charge is 0.419 e. The molecule has 0 aliphatic carbocycles. The van der Waals surface area contributed by atoms with E-state index in [1.165, 1.54) is 0 Å². The average molecular weight is 332 g/mol. The Morgan fingerprint density at radius 3 is 2.27 bits per heavy atom. The number of ketones is 1. The van der Waals surface area contributed by atoms with Crippen LogP contribution in [0.25, 0.3) is 0 Å². The van der Waals surface area contributed by atoms with Gasteiger partial charge in [-0.25, -0.2) is 4.39 Å². The third-order valence-corrected chi connectivity index (χ3v) is 2.63. The Morgan fingerprint density at radius 2 is 1.87 bits per heavy atom. The predicted molar refractivity (Wildman–Crippen MR) is 54.1 cm³/mol. The molecule has 0 aromatic heterocycles. The topological polar surface area (TPSA) is 17.1 Å². The van der Waals surface area contributed by atoms with Gasteiger partial charge in [-0.1, -0.05) is 0 Å². The molecule has 0 unspecified atom stereocenters. The Morgan fingerprint density at radius 1 is 1.33 bits per heavy atom. The number of hydrogen-bond donors (Lipinski definition) is 0. The zero-order chi connectivity index (χ0) is 11.8. The van der Waals surface area contributed by atoms with Gasteiger partial charge < -0.3 is 0 Å². The van der Waals surface area contributed by atoms with Crippen LogP contribution in [0.1, 0.15) is 22.8 Å². The number of benzene rings is 1. The summed E-state index contributed by atoms with van der Waals surface area (Å²) in [5.74, 6) is -1.89. The monoisotopic (exact) mass is 332 g/mol. The van der Waals surface area contributed by atoms with Crippen molar-refractivity contribution in [3.05, 3.63) is 32.6 Å². The van der Waals surface area contributed by atoms with Gasteiger partial charge in [0.15, 0.2) is 5.78 Å². The van der Waals surface area contributed by atoms with E-state index in [4.69, 9.17) is 0 Å². The van der Waals surface area contributed by atoms with Crippen LogP contribution in [0.3, 0.4) is 0 Å². The predicted octanol–water partition coefficient (Wildman–Crippen LogP) is 3.65. The highest BCUT2D eigenvalue weighted by Gasteiger charge is 2.35. The molecule has 82 valence electrons. The van der Waals surface area contributed by atoms with Crippen LogP contribution < -0.4 is 0 Å². The minimum atomic E-state index is -4.78. The Labute approximate surface area is 96.6 Å². The number of rotatable bonds is 1. The molecule has 1 nitrogen and oxygen atoms in total. The van der Waals surface area contributed by atoms with Crippen LogP contribution in [0.2, 0.25) is 0 Å². The maximum atomic E-state index is 13.0. The van der Waals surface area contributed by atoms with Crippen molar-refractivity contribution in [3.63, 3.8) is 0 Å². The standard InChI is InChI=1S/C9H5F4IO/c1-4(15)5-2-6(9(11,12)13)7(10)3-8(5)14/h2-3H,1H3. The molecule has 0 spiro atoms. The Balaban J connectivity index is 3.43. The van der Waals surface area contributed by atoms with Crippen LogP contribution >= 0.6 is 22.6 Å². The van der Waals surface area contributed by atoms with Crippen molar-refractivity contribution in [1.29, 1.82) is 0 Å². The highest BCUT2D eigenvalue weighted by atomic mass is 127. The fourth-order valence-corrected chi connectivity index (χ4v) is 1.84. The third-order valence-electron chi connectivity index (χ3n) is 1.74. The zero-order valence-electron chi connectivity index (χ0n) is 7.45. The summed E-state index contributed by atoms with van der Waals surface area (Å²) in [5.41, 5.74) is -1.53. The van der Waals surface area contributed by atoms with Crippen molar-refractivity contribution < 1.29 is 22.4 Å². The lowest BCUT2D eigenvalue weighted by Crippen LogP contribution is -2.11. The van der Waals surface area contributed by atoms with E-state index in [0.29, 0.717) is 12.1 Å². The summed E-state index contributed by atoms with van der Waals surface area (Å²) in [6.45, 7) is 1.13. The van der Waals surface area contributed by atoms with Crippen molar-refractivity contribution in [2.75, 3.05) is 0 Å². The highest BCUT2D eigenvalue weighted by molar-refractivity contribution is 14.1. The fourth-order valence-electron chi connectivity index (χ4n) is 1.04. The first-order chi connectivity index (χ1) is 6.73. The molecular weight excluding hydrogens is 327 g/mol. The van der Waals surface area contributed by atoms with Crippen molar-refractivity contribution in [3.8, 4) is 0 Å². The zero-order valence-corrected chi connectivity index (χ0v) is 9.61. The molecule has 0 heterocycles. The van der Waals surface area contributed by atoms with Crippen molar-refractivity contribution in [1.82, 2.24) is 0 Å². The lowest BCUT2D eigenvalue weighted by Gasteiger charge is -2.10. The van der Waals surface area contributed by atoms with E-state index >= 15 is 0 Å². The quantitative estimate of drug-likeness (QED) is 0.436. The SMILES string of the molecule is CC(=O)c1cc(C(F)(F)F)c(F)cc1I. The second-order valence-corrected chi connectivity index (χ2v) is 4.03. The molecule has 0 aliphatic heterocycles. The van der Waals surface area contributed by atoms with E-state index < -0.39 is 23.3 Å². The van der Waals surface area contributed by atoms with Crippen molar-refractivity contribution in [2.45, 2.75) is 13.1 Å². The molecule has 0 saturated heterocycles. The molecule has 6 heteroatoms. The van der Waals surface area contributed by atoms with Crippen molar-refractivity contribution in [2.24, 2.45) is 0 Å². The van der Waals surface area contributed by atoms with E-state index in [1.807, 2.05) is 0 Å². The maximum Gasteiger partial charge on any atom is 0.419 e. The molecule has 0 fully saturated rings. The van der Waals surface area contributed by atoms with E-state index in [-0.39, 0.29) is 9.13 Å². The lowest BCUT2D eigenvalue weighted by atomic mass is 10.1. The number of halogens is 5. The second kappa shape index (κ2) is 4.07. The van der Waals surface area contributed by atoms with E-state index in [1.54, 1.807) is 22.6 Å². The molecule has 0 bridgehead atoms. The Bertz CT molecular complexity index is 411. The fraction of sp³-hybridized carbons (Fsp3) is 0.222. The van der Waals surface area contributed by atoms with E-state index in [2.05, 4.69) is 0 Å². The molecule has 1 aromatic rings. The lowest BCUT2D eigenvalue weighted by molar-refractivity contribution is -0.140. The average Bonchev–Trinajstić information content (AvgIpc) is 2.00. The van der Waals surface area contributed by atoms with Gasteiger partial charge >= 0.3 is 6.18 Å². The summed E-state index contributed by atoms with van der Waals surface area (Å²) in [6.07, 6.45) is -4.78. The summed E-state index contributed by atoms with van der Waals surface area (Å²) < 4.78 is 49.9. The van der Waals surface area contributed by atoms with Crippen molar-refractivity contribution >= 4 is 28.4 Å². The van der Waals surface area contributed by atoms with Crippen LogP contribution in [-0.2, 0) is 6.18 Å². The number of Topliss-reactive ketones (excluding diaryl/α,β-unsaturated/α-hetero) is 1. The first kappa shape index (κ1) is 12.4. The molecule has 1 rings (SSSR count). The molecule has 0 atom stereocenters. The summed E-state index contributed by atoms with van der Waals surface area (Å²) >= 11 is 1.62. The molecule has 0 N–H and O–H groups in total. The van der Waals surface area contributed by atoms with Gasteiger partial charge in [-0.3, -0.25) is 4.79 Å². The summed E-state index contributed by atoms with van der Waals surface area (Å²) in [6, 6.07) is 1.25. The Hall–Kier alpha value is -0.660. The van der Waals surface area contributed by atoms with Crippen LogP contribution in [0.5, 0.6) is 0 Å². The second-order valence-electron chi connectivity index (χ2n) is 2.87. The van der Waals surface area contributed by atoms with Gasteiger partial charge in [-0.2, -0.15) is 13.2 Å². The molecular formula is C9H5F4IO. The molecule has 1 aromatic carbocycles. The summed E-state index contributed by atoms with van der Waals surface area (Å²) in [5, 5.41) is 0. The van der Waals surface area contributed by atoms with Crippen LogP contribution in [0, 0.1) is 9.39 Å². The molecule has 0 aliphatic rings. The molecule has 0 amide bonds. The number of alkyl halides is 3. The Kier molecular flexibility index (Phi) is 3.37. The van der Waals surface area contributed by atoms with Gasteiger partial charge in [0.1, 0.15) is 5.82 Å². The third kappa shape index (κ3) is 2.67. The van der Waals surface area contributed by atoms with Crippen LogP contribution in [0.15, 0.2) is 12.1 Å². The number of carbonyl (C=O) groups excluding carboxylic acids is 1. The van der Waals surface area contributed by atoms with Gasteiger partial charge in [0.2, 0.25) is 0 Å². The first-order valence-corrected chi connectivity index (χ1v) is 4.88. The number of carbonyl (C=O) groups is 1. The normalized spacial score (nSPS) is 11.6. The van der Waals surface area contributed by atoms with Gasteiger partial charge in [-0.15, -0.1) is 0 Å². The minimum absolute atomic E-state index is 0.121. The van der Waals surface area contributed by atoms with Gasteiger partial charge in [-0.05, 0) is 41.6 Å². The molecule has 15 heavy (non-hydrogen) atoms. The van der Waals surface area contributed by atoms with E-state index in [9.17, 15) is 22.4 Å². The molecule has 0 saturated carbocycles. The van der Waals surface area contributed by atoms with E-state index in [0.717, 1.165) is 6.92 Å². The van der Waals surface area contributed by atoms with Crippen LogP contribution in [-0.4, -0.2) is 5.78 Å². The number of hydrogen-bond acceptors (Lipinski definition) is 1.